The van der Waals surface area contributed by atoms with Gasteiger partial charge in [0, 0.05) is 24.3 Å². The number of rotatable bonds is 7. The summed E-state index contributed by atoms with van der Waals surface area (Å²) >= 11 is 0. The normalized spacial score (nSPS) is 15.7. The number of aromatic nitrogens is 1. The average Bonchev–Trinajstić information content (AvgIpc) is 2.53. The Bertz CT molecular complexity index is 441. The standard InChI is InChI=1S/C17H27N3O/c1-2-3-7-11-18-16-13-14(10-12-19-16)17(21)20-15-8-5-4-6-9-15/h10,12-13,15H,2-9,11H2,1H3,(H,18,19)(H,20,21). The van der Waals surface area contributed by atoms with E-state index in [2.05, 4.69) is 22.5 Å². The minimum Gasteiger partial charge on any atom is -0.370 e. The Kier molecular flexibility index (Phi) is 6.51. The number of hydrogen-bond donors (Lipinski definition) is 2. The Balaban J connectivity index is 1.85. The summed E-state index contributed by atoms with van der Waals surface area (Å²) in [5.41, 5.74) is 0.702. The van der Waals surface area contributed by atoms with E-state index in [-0.39, 0.29) is 5.91 Å². The molecule has 0 aliphatic heterocycles. The number of nitrogens with zero attached hydrogens (tertiary/aromatic N) is 1. The number of anilines is 1. The molecule has 1 aromatic rings. The molecule has 1 fully saturated rings. The van der Waals surface area contributed by atoms with Crippen molar-refractivity contribution >= 4 is 11.7 Å². The van der Waals surface area contributed by atoms with Crippen LogP contribution in [0.5, 0.6) is 0 Å². The molecular weight excluding hydrogens is 262 g/mol. The van der Waals surface area contributed by atoms with Gasteiger partial charge in [0.15, 0.2) is 0 Å². The van der Waals surface area contributed by atoms with Gasteiger partial charge in [0.25, 0.3) is 5.91 Å². The summed E-state index contributed by atoms with van der Waals surface area (Å²) < 4.78 is 0. The van der Waals surface area contributed by atoms with E-state index in [0.717, 1.165) is 31.6 Å². The predicted molar refractivity (Wildman–Crippen MR) is 86.6 cm³/mol. The number of unbranched alkanes of at least 4 members (excludes halogenated alkanes) is 2. The Hall–Kier alpha value is -1.58. The van der Waals surface area contributed by atoms with E-state index in [1.165, 1.54) is 32.1 Å². The van der Waals surface area contributed by atoms with Gasteiger partial charge >= 0.3 is 0 Å². The van der Waals surface area contributed by atoms with Crippen LogP contribution in [-0.2, 0) is 0 Å². The first-order valence-electron chi connectivity index (χ1n) is 8.30. The summed E-state index contributed by atoms with van der Waals surface area (Å²) in [6.07, 6.45) is 11.2. The fourth-order valence-electron chi connectivity index (χ4n) is 2.78. The van der Waals surface area contributed by atoms with E-state index < -0.39 is 0 Å². The van der Waals surface area contributed by atoms with Crippen LogP contribution in [0.25, 0.3) is 0 Å². The second kappa shape index (κ2) is 8.65. The van der Waals surface area contributed by atoms with Gasteiger partial charge in [0.2, 0.25) is 0 Å². The lowest BCUT2D eigenvalue weighted by atomic mass is 9.95. The van der Waals surface area contributed by atoms with Gasteiger partial charge in [-0.15, -0.1) is 0 Å². The number of carbonyl (C=O) groups excluding carboxylic acids is 1. The maximum atomic E-state index is 12.3. The van der Waals surface area contributed by atoms with Gasteiger partial charge in [-0.1, -0.05) is 39.0 Å². The fraction of sp³-hybridized carbons (Fsp3) is 0.647. The van der Waals surface area contributed by atoms with Crippen LogP contribution in [0, 0.1) is 0 Å². The van der Waals surface area contributed by atoms with E-state index in [1.807, 2.05) is 6.07 Å². The molecule has 1 aromatic heterocycles. The Morgan fingerprint density at radius 2 is 2.10 bits per heavy atom. The zero-order valence-electron chi connectivity index (χ0n) is 13.0. The highest BCUT2D eigenvalue weighted by atomic mass is 16.1. The molecule has 116 valence electrons. The van der Waals surface area contributed by atoms with E-state index in [4.69, 9.17) is 0 Å². The van der Waals surface area contributed by atoms with Gasteiger partial charge in [-0.05, 0) is 31.4 Å². The van der Waals surface area contributed by atoms with Crippen LogP contribution in [0.15, 0.2) is 18.3 Å². The van der Waals surface area contributed by atoms with Crippen LogP contribution in [0.1, 0.15) is 68.6 Å². The summed E-state index contributed by atoms with van der Waals surface area (Å²) in [7, 11) is 0. The summed E-state index contributed by atoms with van der Waals surface area (Å²) in [5.74, 6) is 0.823. The third-order valence-corrected chi connectivity index (χ3v) is 4.05. The van der Waals surface area contributed by atoms with Crippen molar-refractivity contribution in [1.29, 1.82) is 0 Å². The first-order valence-corrected chi connectivity index (χ1v) is 8.30. The molecule has 4 heteroatoms. The van der Waals surface area contributed by atoms with E-state index in [9.17, 15) is 4.79 Å². The molecule has 2 rings (SSSR count). The molecule has 21 heavy (non-hydrogen) atoms. The molecule has 0 bridgehead atoms. The zero-order valence-corrected chi connectivity index (χ0v) is 13.0. The van der Waals surface area contributed by atoms with Crippen molar-refractivity contribution in [2.24, 2.45) is 0 Å². The minimum absolute atomic E-state index is 0.0286. The molecule has 4 nitrogen and oxygen atoms in total. The second-order valence-electron chi connectivity index (χ2n) is 5.87. The maximum absolute atomic E-state index is 12.3. The molecule has 2 N–H and O–H groups in total. The van der Waals surface area contributed by atoms with E-state index >= 15 is 0 Å². The monoisotopic (exact) mass is 289 g/mol. The zero-order chi connectivity index (χ0) is 14.9. The van der Waals surface area contributed by atoms with Crippen LogP contribution in [-0.4, -0.2) is 23.5 Å². The molecule has 1 heterocycles. The van der Waals surface area contributed by atoms with Crippen LogP contribution >= 0.6 is 0 Å². The topological polar surface area (TPSA) is 54.0 Å². The summed E-state index contributed by atoms with van der Waals surface area (Å²) in [5, 5.41) is 6.43. The molecule has 0 atom stereocenters. The van der Waals surface area contributed by atoms with Crippen molar-refractivity contribution in [3.63, 3.8) is 0 Å². The molecule has 0 aromatic carbocycles. The predicted octanol–water partition coefficient (Wildman–Crippen LogP) is 3.75. The van der Waals surface area contributed by atoms with Gasteiger partial charge in [-0.3, -0.25) is 4.79 Å². The van der Waals surface area contributed by atoms with Gasteiger partial charge in [-0.25, -0.2) is 4.98 Å². The maximum Gasteiger partial charge on any atom is 0.251 e. The number of amides is 1. The Morgan fingerprint density at radius 3 is 2.86 bits per heavy atom. The molecule has 0 saturated heterocycles. The largest absolute Gasteiger partial charge is 0.370 e. The highest BCUT2D eigenvalue weighted by Crippen LogP contribution is 2.18. The lowest BCUT2D eigenvalue weighted by Crippen LogP contribution is -2.36. The summed E-state index contributed by atoms with van der Waals surface area (Å²) in [4.78, 5) is 16.5. The molecule has 1 aliphatic rings. The van der Waals surface area contributed by atoms with Crippen molar-refractivity contribution < 1.29 is 4.79 Å². The highest BCUT2D eigenvalue weighted by molar-refractivity contribution is 5.94. The Morgan fingerprint density at radius 1 is 1.29 bits per heavy atom. The fourth-order valence-corrected chi connectivity index (χ4v) is 2.78. The van der Waals surface area contributed by atoms with E-state index in [0.29, 0.717) is 11.6 Å². The second-order valence-corrected chi connectivity index (χ2v) is 5.87. The molecule has 0 spiro atoms. The average molecular weight is 289 g/mol. The smallest absolute Gasteiger partial charge is 0.251 e. The summed E-state index contributed by atoms with van der Waals surface area (Å²) in [6, 6.07) is 3.99. The Labute approximate surface area is 127 Å². The van der Waals surface area contributed by atoms with Crippen LogP contribution in [0.2, 0.25) is 0 Å². The van der Waals surface area contributed by atoms with Gasteiger partial charge < -0.3 is 10.6 Å². The number of carbonyl (C=O) groups is 1. The van der Waals surface area contributed by atoms with Crippen LogP contribution < -0.4 is 10.6 Å². The van der Waals surface area contributed by atoms with Crippen molar-refractivity contribution in [2.45, 2.75) is 64.3 Å². The quantitative estimate of drug-likeness (QED) is 0.752. The summed E-state index contributed by atoms with van der Waals surface area (Å²) in [6.45, 7) is 3.10. The van der Waals surface area contributed by atoms with E-state index in [1.54, 1.807) is 12.3 Å². The van der Waals surface area contributed by atoms with Gasteiger partial charge in [0.1, 0.15) is 5.82 Å². The van der Waals surface area contributed by atoms with Crippen molar-refractivity contribution in [2.75, 3.05) is 11.9 Å². The number of hydrogen-bond acceptors (Lipinski definition) is 3. The molecule has 0 unspecified atom stereocenters. The van der Waals surface area contributed by atoms with Gasteiger partial charge in [0.05, 0.1) is 0 Å². The van der Waals surface area contributed by atoms with Crippen molar-refractivity contribution in [3.8, 4) is 0 Å². The molecular formula is C17H27N3O. The lowest BCUT2D eigenvalue weighted by Gasteiger charge is -2.22. The van der Waals surface area contributed by atoms with Crippen LogP contribution in [0.3, 0.4) is 0 Å². The first-order chi connectivity index (χ1) is 10.3. The lowest BCUT2D eigenvalue weighted by molar-refractivity contribution is 0.0927. The van der Waals surface area contributed by atoms with Gasteiger partial charge in [-0.2, -0.15) is 0 Å². The molecule has 1 aliphatic carbocycles. The molecule has 0 radical (unpaired) electrons. The molecule has 1 saturated carbocycles. The highest BCUT2D eigenvalue weighted by Gasteiger charge is 2.16. The van der Waals surface area contributed by atoms with Crippen molar-refractivity contribution in [3.05, 3.63) is 23.9 Å². The van der Waals surface area contributed by atoms with Crippen molar-refractivity contribution in [1.82, 2.24) is 10.3 Å². The van der Waals surface area contributed by atoms with Crippen LogP contribution in [0.4, 0.5) is 5.82 Å². The third kappa shape index (κ3) is 5.37. The third-order valence-electron chi connectivity index (χ3n) is 4.05. The minimum atomic E-state index is 0.0286. The SMILES string of the molecule is CCCCCNc1cc(C(=O)NC2CCCCC2)ccn1. The number of nitrogens with one attached hydrogen (secondary N) is 2. The molecule has 1 amide bonds. The number of pyridine rings is 1. The first kappa shape index (κ1) is 15.8.